The van der Waals surface area contributed by atoms with E-state index in [9.17, 15) is 0 Å². The number of benzene rings is 1. The molecule has 0 aliphatic heterocycles. The van der Waals surface area contributed by atoms with Crippen LogP contribution in [-0.4, -0.2) is 23.6 Å². The number of methoxy groups -OCH3 is 1. The number of hydrogen-bond acceptors (Lipinski definition) is 4. The zero-order chi connectivity index (χ0) is 11.4. The topological polar surface area (TPSA) is 61.0 Å². The molecule has 0 aliphatic rings. The van der Waals surface area contributed by atoms with Gasteiger partial charge in [-0.2, -0.15) is 0 Å². The van der Waals surface area contributed by atoms with Gasteiger partial charge in [-0.15, -0.1) is 0 Å². The number of aryl methyl sites for hydroxylation is 1. The Bertz CT molecular complexity index is 485. The first-order valence-corrected chi connectivity index (χ1v) is 5.34. The van der Waals surface area contributed by atoms with Crippen molar-refractivity contribution >= 4 is 10.9 Å². The number of rotatable bonds is 4. The van der Waals surface area contributed by atoms with Crippen LogP contribution in [0, 0.1) is 0 Å². The summed E-state index contributed by atoms with van der Waals surface area (Å²) in [7, 11) is 1.65. The van der Waals surface area contributed by atoms with Crippen molar-refractivity contribution in [3.8, 4) is 5.75 Å². The number of fused-ring (bicyclic) bond motifs is 1. The van der Waals surface area contributed by atoms with E-state index in [1.165, 1.54) is 0 Å². The van der Waals surface area contributed by atoms with E-state index in [1.54, 1.807) is 7.11 Å². The molecule has 2 N–H and O–H groups in total. The maximum atomic E-state index is 5.46. The van der Waals surface area contributed by atoms with E-state index in [0.29, 0.717) is 6.54 Å². The van der Waals surface area contributed by atoms with Crippen molar-refractivity contribution in [1.82, 2.24) is 9.97 Å². The molecule has 0 saturated carbocycles. The molecule has 0 saturated heterocycles. The Morgan fingerprint density at radius 1 is 1.38 bits per heavy atom. The average molecular weight is 217 g/mol. The molecule has 84 valence electrons. The molecule has 0 amide bonds. The summed E-state index contributed by atoms with van der Waals surface area (Å²) in [6.07, 6.45) is 3.54. The number of nitrogens with two attached hydrogens (primary N) is 1. The minimum atomic E-state index is 0.660. The normalized spacial score (nSPS) is 10.6. The van der Waals surface area contributed by atoms with E-state index >= 15 is 0 Å². The lowest BCUT2D eigenvalue weighted by molar-refractivity contribution is 0.418. The molecule has 1 aromatic heterocycles. The van der Waals surface area contributed by atoms with Gasteiger partial charge in [0.25, 0.3) is 0 Å². The highest BCUT2D eigenvalue weighted by Gasteiger charge is 2.04. The van der Waals surface area contributed by atoms with Gasteiger partial charge in [0.05, 0.1) is 7.11 Å². The molecule has 4 nitrogen and oxygen atoms in total. The molecule has 0 fully saturated rings. The summed E-state index contributed by atoms with van der Waals surface area (Å²) in [5.41, 5.74) is 6.33. The Morgan fingerprint density at radius 2 is 2.25 bits per heavy atom. The maximum Gasteiger partial charge on any atom is 0.145 e. The second-order valence-corrected chi connectivity index (χ2v) is 3.58. The van der Waals surface area contributed by atoms with Gasteiger partial charge in [-0.3, -0.25) is 0 Å². The van der Waals surface area contributed by atoms with Crippen molar-refractivity contribution in [3.63, 3.8) is 0 Å². The van der Waals surface area contributed by atoms with E-state index in [0.717, 1.165) is 35.3 Å². The number of hydrogen-bond donors (Lipinski definition) is 1. The van der Waals surface area contributed by atoms with Crippen LogP contribution in [0.25, 0.3) is 10.9 Å². The number of aromatic nitrogens is 2. The zero-order valence-electron chi connectivity index (χ0n) is 9.31. The lowest BCUT2D eigenvalue weighted by atomic mass is 10.2. The fraction of sp³-hybridized carbons (Fsp3) is 0.333. The predicted molar refractivity (Wildman–Crippen MR) is 63.5 cm³/mol. The summed E-state index contributed by atoms with van der Waals surface area (Å²) in [4.78, 5) is 8.79. The van der Waals surface area contributed by atoms with E-state index in [1.807, 2.05) is 24.4 Å². The third kappa shape index (κ3) is 2.12. The fourth-order valence-corrected chi connectivity index (χ4v) is 1.61. The van der Waals surface area contributed by atoms with Gasteiger partial charge in [0, 0.05) is 18.0 Å². The van der Waals surface area contributed by atoms with Crippen LogP contribution < -0.4 is 10.5 Å². The standard InChI is InChI=1S/C12H15N3O/c1-16-10-5-2-4-9-8-14-11(6-3-7-13)15-12(9)10/h2,4-5,8H,3,6-7,13H2,1H3. The molecule has 0 aliphatic carbocycles. The molecular formula is C12H15N3O. The van der Waals surface area contributed by atoms with Crippen molar-refractivity contribution < 1.29 is 4.74 Å². The molecule has 1 heterocycles. The third-order valence-electron chi connectivity index (χ3n) is 2.45. The summed E-state index contributed by atoms with van der Waals surface area (Å²) in [5.74, 6) is 1.61. The zero-order valence-corrected chi connectivity index (χ0v) is 9.31. The van der Waals surface area contributed by atoms with Gasteiger partial charge in [0.1, 0.15) is 17.1 Å². The van der Waals surface area contributed by atoms with Crippen LogP contribution in [0.4, 0.5) is 0 Å². The molecule has 1 aromatic carbocycles. The van der Waals surface area contributed by atoms with E-state index < -0.39 is 0 Å². The molecule has 2 aromatic rings. The van der Waals surface area contributed by atoms with E-state index in [2.05, 4.69) is 9.97 Å². The van der Waals surface area contributed by atoms with E-state index in [-0.39, 0.29) is 0 Å². The molecule has 0 spiro atoms. The van der Waals surface area contributed by atoms with Crippen molar-refractivity contribution in [3.05, 3.63) is 30.2 Å². The predicted octanol–water partition coefficient (Wildman–Crippen LogP) is 1.53. The van der Waals surface area contributed by atoms with Gasteiger partial charge >= 0.3 is 0 Å². The number of ether oxygens (including phenoxy) is 1. The van der Waals surface area contributed by atoms with Gasteiger partial charge in [-0.25, -0.2) is 9.97 Å². The molecule has 4 heteroatoms. The average Bonchev–Trinajstić information content (AvgIpc) is 2.35. The van der Waals surface area contributed by atoms with Crippen LogP contribution in [0.3, 0.4) is 0 Å². The highest BCUT2D eigenvalue weighted by Crippen LogP contribution is 2.22. The second kappa shape index (κ2) is 4.90. The lowest BCUT2D eigenvalue weighted by Crippen LogP contribution is -2.03. The molecule has 0 bridgehead atoms. The van der Waals surface area contributed by atoms with Crippen LogP contribution in [0.5, 0.6) is 5.75 Å². The van der Waals surface area contributed by atoms with Crippen LogP contribution in [0.1, 0.15) is 12.2 Å². The summed E-state index contributed by atoms with van der Waals surface area (Å²) in [6.45, 7) is 0.660. The van der Waals surface area contributed by atoms with Gasteiger partial charge in [0.15, 0.2) is 0 Å². The lowest BCUT2D eigenvalue weighted by Gasteiger charge is -2.05. The molecule has 0 atom stereocenters. The first-order chi connectivity index (χ1) is 7.85. The SMILES string of the molecule is COc1cccc2cnc(CCCN)nc12. The Labute approximate surface area is 94.5 Å². The van der Waals surface area contributed by atoms with Crippen LogP contribution >= 0.6 is 0 Å². The summed E-state index contributed by atoms with van der Waals surface area (Å²) >= 11 is 0. The van der Waals surface area contributed by atoms with Gasteiger partial charge in [-0.1, -0.05) is 12.1 Å². The third-order valence-corrected chi connectivity index (χ3v) is 2.45. The largest absolute Gasteiger partial charge is 0.494 e. The quantitative estimate of drug-likeness (QED) is 0.843. The Balaban J connectivity index is 2.42. The molecule has 0 unspecified atom stereocenters. The van der Waals surface area contributed by atoms with Crippen molar-refractivity contribution in [2.75, 3.05) is 13.7 Å². The number of nitrogens with zero attached hydrogens (tertiary/aromatic N) is 2. The van der Waals surface area contributed by atoms with Crippen LogP contribution in [0.15, 0.2) is 24.4 Å². The second-order valence-electron chi connectivity index (χ2n) is 3.58. The monoisotopic (exact) mass is 217 g/mol. The fourth-order valence-electron chi connectivity index (χ4n) is 1.61. The highest BCUT2D eigenvalue weighted by molar-refractivity contribution is 5.83. The summed E-state index contributed by atoms with van der Waals surface area (Å²) in [6, 6.07) is 5.82. The Hall–Kier alpha value is -1.68. The molecule has 2 rings (SSSR count). The van der Waals surface area contributed by atoms with Crippen molar-refractivity contribution in [2.24, 2.45) is 5.73 Å². The minimum Gasteiger partial charge on any atom is -0.494 e. The first-order valence-electron chi connectivity index (χ1n) is 5.34. The minimum absolute atomic E-state index is 0.660. The maximum absolute atomic E-state index is 5.46. The molecular weight excluding hydrogens is 202 g/mol. The van der Waals surface area contributed by atoms with Crippen molar-refractivity contribution in [2.45, 2.75) is 12.8 Å². The highest BCUT2D eigenvalue weighted by atomic mass is 16.5. The van der Waals surface area contributed by atoms with Crippen LogP contribution in [0.2, 0.25) is 0 Å². The Kier molecular flexibility index (Phi) is 3.31. The van der Waals surface area contributed by atoms with Gasteiger partial charge < -0.3 is 10.5 Å². The first kappa shape index (κ1) is 10.8. The molecule has 16 heavy (non-hydrogen) atoms. The Morgan fingerprint density at radius 3 is 3.00 bits per heavy atom. The van der Waals surface area contributed by atoms with E-state index in [4.69, 9.17) is 10.5 Å². The van der Waals surface area contributed by atoms with Crippen molar-refractivity contribution in [1.29, 1.82) is 0 Å². The summed E-state index contributed by atoms with van der Waals surface area (Å²) in [5, 5.41) is 0.996. The van der Waals surface area contributed by atoms with Gasteiger partial charge in [0.2, 0.25) is 0 Å². The van der Waals surface area contributed by atoms with Gasteiger partial charge in [-0.05, 0) is 19.0 Å². The molecule has 0 radical (unpaired) electrons. The summed E-state index contributed by atoms with van der Waals surface area (Å²) < 4.78 is 5.27. The van der Waals surface area contributed by atoms with Crippen LogP contribution in [-0.2, 0) is 6.42 Å². The number of para-hydroxylation sites is 1. The smallest absolute Gasteiger partial charge is 0.145 e.